The minimum absolute atomic E-state index is 1.03. The highest BCUT2D eigenvalue weighted by atomic mass is 15.1. The SMILES string of the molecule is C=CC1=CCN(CCC)C=C1. The second kappa shape index (κ2) is 4.02. The highest BCUT2D eigenvalue weighted by molar-refractivity contribution is 5.31. The fourth-order valence-corrected chi connectivity index (χ4v) is 1.15. The summed E-state index contributed by atoms with van der Waals surface area (Å²) in [7, 11) is 0. The van der Waals surface area contributed by atoms with Crippen molar-refractivity contribution in [1.29, 1.82) is 0 Å². The van der Waals surface area contributed by atoms with Gasteiger partial charge in [-0.2, -0.15) is 0 Å². The quantitative estimate of drug-likeness (QED) is 0.595. The molecule has 11 heavy (non-hydrogen) atoms. The number of hydrogen-bond acceptors (Lipinski definition) is 1. The van der Waals surface area contributed by atoms with Crippen LogP contribution in [0.15, 0.2) is 36.6 Å². The second-order valence-corrected chi connectivity index (χ2v) is 2.72. The van der Waals surface area contributed by atoms with Crippen molar-refractivity contribution in [3.63, 3.8) is 0 Å². The van der Waals surface area contributed by atoms with E-state index in [1.54, 1.807) is 0 Å². The first-order valence-corrected chi connectivity index (χ1v) is 4.11. The first-order valence-electron chi connectivity index (χ1n) is 4.11. The van der Waals surface area contributed by atoms with E-state index < -0.39 is 0 Å². The Kier molecular flexibility index (Phi) is 2.96. The van der Waals surface area contributed by atoms with Crippen LogP contribution in [-0.2, 0) is 0 Å². The van der Waals surface area contributed by atoms with Crippen LogP contribution >= 0.6 is 0 Å². The summed E-state index contributed by atoms with van der Waals surface area (Å²) in [6, 6.07) is 0. The van der Waals surface area contributed by atoms with Crippen molar-refractivity contribution in [2.75, 3.05) is 13.1 Å². The third kappa shape index (κ3) is 2.26. The van der Waals surface area contributed by atoms with E-state index in [0.717, 1.165) is 13.1 Å². The average Bonchev–Trinajstić information content (AvgIpc) is 2.07. The monoisotopic (exact) mass is 149 g/mol. The Morgan fingerprint density at radius 2 is 2.55 bits per heavy atom. The molecule has 1 heterocycles. The Morgan fingerprint density at radius 3 is 3.00 bits per heavy atom. The zero-order chi connectivity index (χ0) is 8.10. The molecule has 0 aliphatic carbocycles. The van der Waals surface area contributed by atoms with Gasteiger partial charge in [0.05, 0.1) is 0 Å². The largest absolute Gasteiger partial charge is 0.374 e. The van der Waals surface area contributed by atoms with Gasteiger partial charge in [0.1, 0.15) is 0 Å². The molecule has 0 aromatic rings. The van der Waals surface area contributed by atoms with Gasteiger partial charge in [-0.05, 0) is 24.3 Å². The Hall–Kier alpha value is -0.980. The van der Waals surface area contributed by atoms with Gasteiger partial charge in [-0.3, -0.25) is 0 Å². The molecule has 0 aromatic carbocycles. The zero-order valence-corrected chi connectivity index (χ0v) is 7.09. The minimum Gasteiger partial charge on any atom is -0.374 e. The molecule has 0 fully saturated rings. The van der Waals surface area contributed by atoms with Gasteiger partial charge in [-0.25, -0.2) is 0 Å². The summed E-state index contributed by atoms with van der Waals surface area (Å²) in [5, 5.41) is 0. The van der Waals surface area contributed by atoms with Crippen LogP contribution in [0.4, 0.5) is 0 Å². The molecule has 0 amide bonds. The van der Waals surface area contributed by atoms with Gasteiger partial charge >= 0.3 is 0 Å². The molecule has 0 radical (unpaired) electrons. The van der Waals surface area contributed by atoms with Crippen molar-refractivity contribution in [3.05, 3.63) is 36.6 Å². The zero-order valence-electron chi connectivity index (χ0n) is 7.09. The molecule has 1 aliphatic rings. The lowest BCUT2D eigenvalue weighted by Crippen LogP contribution is -2.20. The van der Waals surface area contributed by atoms with Crippen LogP contribution < -0.4 is 0 Å². The Balaban J connectivity index is 2.43. The highest BCUT2D eigenvalue weighted by Crippen LogP contribution is 2.07. The molecule has 1 nitrogen and oxygen atoms in total. The molecule has 0 aromatic heterocycles. The predicted molar refractivity (Wildman–Crippen MR) is 49.3 cm³/mol. The van der Waals surface area contributed by atoms with Crippen LogP contribution in [0, 0.1) is 0 Å². The van der Waals surface area contributed by atoms with Crippen LogP contribution in [0.25, 0.3) is 0 Å². The van der Waals surface area contributed by atoms with Gasteiger partial charge in [-0.15, -0.1) is 0 Å². The van der Waals surface area contributed by atoms with E-state index in [0.29, 0.717) is 0 Å². The van der Waals surface area contributed by atoms with Crippen LogP contribution in [0.2, 0.25) is 0 Å². The Morgan fingerprint density at radius 1 is 1.73 bits per heavy atom. The second-order valence-electron chi connectivity index (χ2n) is 2.72. The molecule has 0 atom stereocenters. The summed E-state index contributed by atoms with van der Waals surface area (Å²) in [5.41, 5.74) is 1.23. The smallest absolute Gasteiger partial charge is 0.0362 e. The molecule has 0 spiro atoms. The van der Waals surface area contributed by atoms with Crippen LogP contribution in [0.3, 0.4) is 0 Å². The van der Waals surface area contributed by atoms with Crippen molar-refractivity contribution in [3.8, 4) is 0 Å². The first kappa shape index (κ1) is 8.12. The van der Waals surface area contributed by atoms with Gasteiger partial charge in [0.25, 0.3) is 0 Å². The van der Waals surface area contributed by atoms with Crippen molar-refractivity contribution in [2.24, 2.45) is 0 Å². The van der Waals surface area contributed by atoms with Gasteiger partial charge in [-0.1, -0.05) is 25.7 Å². The Labute approximate surface area is 68.7 Å². The summed E-state index contributed by atoms with van der Waals surface area (Å²) in [5.74, 6) is 0. The fourth-order valence-electron chi connectivity index (χ4n) is 1.15. The van der Waals surface area contributed by atoms with Gasteiger partial charge < -0.3 is 4.90 Å². The van der Waals surface area contributed by atoms with Crippen LogP contribution in [0.5, 0.6) is 0 Å². The molecular formula is C10H15N. The highest BCUT2D eigenvalue weighted by Gasteiger charge is 1.99. The number of nitrogens with zero attached hydrogens (tertiary/aromatic N) is 1. The Bertz CT molecular complexity index is 189. The lowest BCUT2D eigenvalue weighted by Gasteiger charge is -2.20. The predicted octanol–water partition coefficient (Wildman–Crippen LogP) is 2.34. The lowest BCUT2D eigenvalue weighted by molar-refractivity contribution is 0.410. The van der Waals surface area contributed by atoms with E-state index in [-0.39, 0.29) is 0 Å². The first-order chi connectivity index (χ1) is 5.36. The average molecular weight is 149 g/mol. The van der Waals surface area contributed by atoms with E-state index >= 15 is 0 Å². The lowest BCUT2D eigenvalue weighted by atomic mass is 10.2. The number of hydrogen-bond donors (Lipinski definition) is 0. The van der Waals surface area contributed by atoms with Crippen molar-refractivity contribution in [2.45, 2.75) is 13.3 Å². The van der Waals surface area contributed by atoms with E-state index in [9.17, 15) is 0 Å². The normalized spacial score (nSPS) is 16.5. The van der Waals surface area contributed by atoms with Gasteiger partial charge in [0.2, 0.25) is 0 Å². The minimum atomic E-state index is 1.03. The standard InChI is InChI=1S/C10H15N/c1-3-7-11-8-5-10(4-2)6-9-11/h4-6,8H,2-3,7,9H2,1H3. The molecule has 0 unspecified atom stereocenters. The number of allylic oxidation sites excluding steroid dienone is 3. The molecule has 0 N–H and O–H groups in total. The molecule has 1 heteroatoms. The van der Waals surface area contributed by atoms with Crippen molar-refractivity contribution in [1.82, 2.24) is 4.90 Å². The van der Waals surface area contributed by atoms with E-state index in [1.807, 2.05) is 6.08 Å². The fraction of sp³-hybridized carbons (Fsp3) is 0.400. The summed E-state index contributed by atoms with van der Waals surface area (Å²) < 4.78 is 0. The summed E-state index contributed by atoms with van der Waals surface area (Å²) in [4.78, 5) is 2.30. The maximum absolute atomic E-state index is 3.72. The van der Waals surface area contributed by atoms with Crippen molar-refractivity contribution >= 4 is 0 Å². The summed E-state index contributed by atoms with van der Waals surface area (Å²) in [6.07, 6.45) is 9.54. The topological polar surface area (TPSA) is 3.24 Å². The molecule has 60 valence electrons. The van der Waals surface area contributed by atoms with Crippen LogP contribution in [-0.4, -0.2) is 18.0 Å². The summed E-state index contributed by atoms with van der Waals surface area (Å²) in [6.45, 7) is 8.10. The number of rotatable bonds is 3. The molecule has 1 aliphatic heterocycles. The van der Waals surface area contributed by atoms with Crippen LogP contribution in [0.1, 0.15) is 13.3 Å². The maximum atomic E-state index is 3.72. The van der Waals surface area contributed by atoms with E-state index in [4.69, 9.17) is 0 Å². The van der Waals surface area contributed by atoms with Gasteiger partial charge in [0, 0.05) is 13.1 Å². The maximum Gasteiger partial charge on any atom is 0.0362 e. The molecule has 1 rings (SSSR count). The van der Waals surface area contributed by atoms with Crippen molar-refractivity contribution < 1.29 is 0 Å². The van der Waals surface area contributed by atoms with E-state index in [1.165, 1.54) is 12.0 Å². The molecule has 0 saturated carbocycles. The van der Waals surface area contributed by atoms with E-state index in [2.05, 4.69) is 36.8 Å². The molecular weight excluding hydrogens is 134 g/mol. The molecule has 0 bridgehead atoms. The third-order valence-electron chi connectivity index (χ3n) is 1.79. The van der Waals surface area contributed by atoms with Gasteiger partial charge in [0.15, 0.2) is 0 Å². The molecule has 0 saturated heterocycles. The third-order valence-corrected chi connectivity index (χ3v) is 1.79. The summed E-state index contributed by atoms with van der Waals surface area (Å²) >= 11 is 0.